The number of hydrogen-bond donors (Lipinski definition) is 0. The number of hydrogen-bond acceptors (Lipinski definition) is 0. The van der Waals surface area contributed by atoms with Gasteiger partial charge < -0.3 is 0 Å². The van der Waals surface area contributed by atoms with Crippen molar-refractivity contribution in [3.8, 4) is 0 Å². The summed E-state index contributed by atoms with van der Waals surface area (Å²) < 4.78 is 0. The van der Waals surface area contributed by atoms with Gasteiger partial charge in [-0.1, -0.05) is 134 Å². The van der Waals surface area contributed by atoms with E-state index in [1.54, 1.807) is 0 Å². The fraction of sp³-hybridized carbons (Fsp3) is 0.778. The average Bonchev–Trinajstić information content (AvgIpc) is 2.68. The Morgan fingerprint density at radius 3 is 1.46 bits per heavy atom. The quantitative estimate of drug-likeness (QED) is 0.168. The average molecular weight is 407 g/mol. The Labute approximate surface area is 181 Å². The van der Waals surface area contributed by atoms with Crippen LogP contribution in [0.25, 0.3) is 0 Å². The van der Waals surface area contributed by atoms with E-state index in [0.29, 0.717) is 0 Å². The van der Waals surface area contributed by atoms with Crippen molar-refractivity contribution in [2.45, 2.75) is 135 Å². The minimum Gasteiger partial charge on any atom is -0.114 e. The van der Waals surface area contributed by atoms with Crippen LogP contribution in [0.2, 0.25) is 0 Å². The van der Waals surface area contributed by atoms with Gasteiger partial charge in [-0.05, 0) is 31.4 Å². The van der Waals surface area contributed by atoms with Crippen molar-refractivity contribution >= 4 is 11.6 Å². The lowest BCUT2D eigenvalue weighted by molar-refractivity contribution is 0.508. The first-order chi connectivity index (χ1) is 13.6. The van der Waals surface area contributed by atoms with E-state index in [9.17, 15) is 0 Å². The highest BCUT2D eigenvalue weighted by Gasteiger charge is 2.24. The maximum absolute atomic E-state index is 6.83. The van der Waals surface area contributed by atoms with Gasteiger partial charge in [-0.3, -0.25) is 0 Å². The Morgan fingerprint density at radius 1 is 0.643 bits per heavy atom. The molecule has 1 rings (SSSR count). The molecule has 162 valence electrons. The van der Waals surface area contributed by atoms with E-state index in [-0.39, 0.29) is 4.87 Å². The molecule has 28 heavy (non-hydrogen) atoms. The van der Waals surface area contributed by atoms with E-state index < -0.39 is 0 Å². The summed E-state index contributed by atoms with van der Waals surface area (Å²) in [5.41, 5.74) is 2.62. The van der Waals surface area contributed by atoms with Crippen molar-refractivity contribution < 1.29 is 0 Å². The predicted molar refractivity (Wildman–Crippen MR) is 129 cm³/mol. The smallest absolute Gasteiger partial charge is 0.0669 e. The third-order valence-corrected chi connectivity index (χ3v) is 6.60. The minimum atomic E-state index is -0.207. The van der Waals surface area contributed by atoms with Crippen LogP contribution in [0.15, 0.2) is 24.3 Å². The third kappa shape index (κ3) is 12.2. The van der Waals surface area contributed by atoms with Crippen molar-refractivity contribution in [2.24, 2.45) is 0 Å². The number of aryl methyl sites for hydroxylation is 1. The topological polar surface area (TPSA) is 0 Å². The number of rotatable bonds is 18. The van der Waals surface area contributed by atoms with E-state index in [1.807, 2.05) is 0 Å². The lowest BCUT2D eigenvalue weighted by Gasteiger charge is -2.24. The normalized spacial score (nSPS) is 13.6. The molecular formula is C27H47Cl. The van der Waals surface area contributed by atoms with E-state index in [2.05, 4.69) is 45.0 Å². The van der Waals surface area contributed by atoms with Crippen LogP contribution in [-0.2, 0) is 4.87 Å². The van der Waals surface area contributed by atoms with Crippen LogP contribution in [-0.4, -0.2) is 0 Å². The number of alkyl halides is 1. The van der Waals surface area contributed by atoms with Gasteiger partial charge in [0.25, 0.3) is 0 Å². The van der Waals surface area contributed by atoms with Crippen LogP contribution in [0.3, 0.4) is 0 Å². The molecule has 0 N–H and O–H groups in total. The van der Waals surface area contributed by atoms with Gasteiger partial charge in [0.05, 0.1) is 4.87 Å². The summed E-state index contributed by atoms with van der Waals surface area (Å²) >= 11 is 6.83. The number of halogens is 1. The summed E-state index contributed by atoms with van der Waals surface area (Å²) in [6.07, 6.45) is 23.7. The molecule has 1 heteroatoms. The minimum absolute atomic E-state index is 0.207. The van der Waals surface area contributed by atoms with Crippen LogP contribution in [0.4, 0.5) is 0 Å². The van der Waals surface area contributed by atoms with Gasteiger partial charge in [0.15, 0.2) is 0 Å². The molecule has 0 fully saturated rings. The Kier molecular flexibility index (Phi) is 14.9. The van der Waals surface area contributed by atoms with E-state index >= 15 is 0 Å². The lowest BCUT2D eigenvalue weighted by Crippen LogP contribution is -2.15. The van der Waals surface area contributed by atoms with Crippen LogP contribution in [0.5, 0.6) is 0 Å². The van der Waals surface area contributed by atoms with E-state index in [1.165, 1.54) is 114 Å². The molecule has 0 saturated carbocycles. The summed E-state index contributed by atoms with van der Waals surface area (Å²) in [7, 11) is 0. The molecule has 1 atom stereocenters. The van der Waals surface area contributed by atoms with Crippen molar-refractivity contribution in [3.05, 3.63) is 35.4 Å². The van der Waals surface area contributed by atoms with Crippen LogP contribution >= 0.6 is 11.6 Å². The zero-order valence-corrected chi connectivity index (χ0v) is 20.0. The largest absolute Gasteiger partial charge is 0.114 e. The SMILES string of the molecule is CCCCCCCCCCCCCCCCCCC(C)(Cl)c1ccccc1C. The summed E-state index contributed by atoms with van der Waals surface area (Å²) in [6.45, 7) is 6.65. The molecule has 0 spiro atoms. The molecule has 0 bridgehead atoms. The van der Waals surface area contributed by atoms with Gasteiger partial charge in [-0.2, -0.15) is 0 Å². The van der Waals surface area contributed by atoms with Gasteiger partial charge in [0.1, 0.15) is 0 Å². The second-order valence-electron chi connectivity index (χ2n) is 9.07. The zero-order chi connectivity index (χ0) is 20.5. The van der Waals surface area contributed by atoms with Crippen molar-refractivity contribution in [2.75, 3.05) is 0 Å². The molecule has 1 aromatic rings. The summed E-state index contributed by atoms with van der Waals surface area (Å²) in [5, 5.41) is 0. The van der Waals surface area contributed by atoms with Gasteiger partial charge in [-0.25, -0.2) is 0 Å². The first-order valence-corrected chi connectivity index (χ1v) is 12.7. The first-order valence-electron chi connectivity index (χ1n) is 12.3. The number of benzene rings is 1. The molecule has 0 amide bonds. The monoisotopic (exact) mass is 406 g/mol. The van der Waals surface area contributed by atoms with Gasteiger partial charge in [0, 0.05) is 0 Å². The molecule has 0 saturated heterocycles. The Bertz CT molecular complexity index is 477. The molecule has 0 aliphatic heterocycles. The standard InChI is InChI=1S/C27H47Cl/c1-4-5-6-7-8-9-10-11-12-13-14-15-16-17-18-21-24-27(3,28)26-23-20-19-22-25(26)2/h19-20,22-23H,4-18,21,24H2,1-3H3. The summed E-state index contributed by atoms with van der Waals surface area (Å²) in [6, 6.07) is 8.56. The van der Waals surface area contributed by atoms with Crippen LogP contribution in [0.1, 0.15) is 134 Å². The fourth-order valence-corrected chi connectivity index (χ4v) is 4.64. The zero-order valence-electron chi connectivity index (χ0n) is 19.2. The maximum atomic E-state index is 6.83. The molecule has 0 aliphatic rings. The predicted octanol–water partition coefficient (Wildman–Crippen LogP) is 10.1. The molecular weight excluding hydrogens is 360 g/mol. The Morgan fingerprint density at radius 2 is 1.04 bits per heavy atom. The molecule has 0 nitrogen and oxygen atoms in total. The van der Waals surface area contributed by atoms with Crippen LogP contribution < -0.4 is 0 Å². The van der Waals surface area contributed by atoms with Gasteiger partial charge >= 0.3 is 0 Å². The summed E-state index contributed by atoms with van der Waals surface area (Å²) in [5.74, 6) is 0. The van der Waals surface area contributed by atoms with E-state index in [4.69, 9.17) is 11.6 Å². The molecule has 0 heterocycles. The van der Waals surface area contributed by atoms with Crippen molar-refractivity contribution in [3.63, 3.8) is 0 Å². The highest BCUT2D eigenvalue weighted by Crippen LogP contribution is 2.36. The van der Waals surface area contributed by atoms with Gasteiger partial charge in [-0.15, -0.1) is 11.6 Å². The second kappa shape index (κ2) is 16.3. The first kappa shape index (κ1) is 25.5. The fourth-order valence-electron chi connectivity index (χ4n) is 4.30. The molecule has 0 aliphatic carbocycles. The highest BCUT2D eigenvalue weighted by molar-refractivity contribution is 6.23. The van der Waals surface area contributed by atoms with Crippen molar-refractivity contribution in [1.82, 2.24) is 0 Å². The number of unbranched alkanes of at least 4 members (excludes halogenated alkanes) is 15. The second-order valence-corrected chi connectivity index (χ2v) is 9.90. The molecule has 0 radical (unpaired) electrons. The third-order valence-electron chi connectivity index (χ3n) is 6.21. The molecule has 1 unspecified atom stereocenters. The molecule has 1 aromatic carbocycles. The van der Waals surface area contributed by atoms with E-state index in [0.717, 1.165) is 6.42 Å². The lowest BCUT2D eigenvalue weighted by atomic mass is 9.90. The molecule has 0 aromatic heterocycles. The maximum Gasteiger partial charge on any atom is 0.0669 e. The summed E-state index contributed by atoms with van der Waals surface area (Å²) in [4.78, 5) is -0.207. The highest BCUT2D eigenvalue weighted by atomic mass is 35.5. The van der Waals surface area contributed by atoms with Gasteiger partial charge in [0.2, 0.25) is 0 Å². The van der Waals surface area contributed by atoms with Crippen molar-refractivity contribution in [1.29, 1.82) is 0 Å². The van der Waals surface area contributed by atoms with Crippen LogP contribution in [0, 0.1) is 6.92 Å². The Balaban J connectivity index is 1.89. The Hall–Kier alpha value is -0.490.